The Morgan fingerprint density at radius 1 is 1.19 bits per heavy atom. The first-order valence-electron chi connectivity index (χ1n) is 11.0. The van der Waals surface area contributed by atoms with Crippen molar-refractivity contribution in [3.8, 4) is 11.3 Å². The number of aryl methyl sites for hydroxylation is 2. The molecule has 0 spiro atoms. The maximum atomic E-state index is 13.6. The second-order valence-corrected chi connectivity index (χ2v) is 9.13. The quantitative estimate of drug-likeness (QED) is 0.323. The van der Waals surface area contributed by atoms with E-state index in [0.717, 1.165) is 16.9 Å². The summed E-state index contributed by atoms with van der Waals surface area (Å²) in [4.78, 5) is 34.7. The van der Waals surface area contributed by atoms with Crippen LogP contribution in [-0.2, 0) is 6.54 Å². The lowest BCUT2D eigenvalue weighted by atomic mass is 10.0. The van der Waals surface area contributed by atoms with E-state index in [-0.39, 0.29) is 15.4 Å². The van der Waals surface area contributed by atoms with Gasteiger partial charge in [0.1, 0.15) is 15.4 Å². The third kappa shape index (κ3) is 4.07. The molecular formula is C25H20F2N6O2S. The number of alkyl halides is 2. The minimum absolute atomic E-state index is 0.0307. The molecule has 0 fully saturated rings. The molecule has 4 heterocycles. The van der Waals surface area contributed by atoms with Gasteiger partial charge in [-0.15, -0.1) is 11.3 Å². The van der Waals surface area contributed by atoms with Gasteiger partial charge >= 0.3 is 0 Å². The van der Waals surface area contributed by atoms with E-state index in [4.69, 9.17) is 5.73 Å². The second kappa shape index (κ2) is 9.08. The maximum Gasteiger partial charge on any atom is 0.280 e. The lowest BCUT2D eigenvalue weighted by molar-refractivity contribution is 0.100. The number of hydrogen-bond acceptors (Lipinski definition) is 6. The molecule has 0 radical (unpaired) electrons. The molecule has 3 N–H and O–H groups in total. The summed E-state index contributed by atoms with van der Waals surface area (Å²) >= 11 is 0.867. The first-order valence-corrected chi connectivity index (χ1v) is 11.8. The monoisotopic (exact) mass is 506 g/mol. The number of thiophene rings is 1. The number of amides is 2. The summed E-state index contributed by atoms with van der Waals surface area (Å²) in [5.41, 5.74) is 7.99. The molecule has 0 bridgehead atoms. The summed E-state index contributed by atoms with van der Waals surface area (Å²) in [5, 5.41) is 8.09. The fraction of sp³-hybridized carbons (Fsp3) is 0.160. The summed E-state index contributed by atoms with van der Waals surface area (Å²) in [7, 11) is 0. The van der Waals surface area contributed by atoms with Gasteiger partial charge in [-0.1, -0.05) is 18.2 Å². The number of halogens is 2. The standard InChI is InChI=1S/C25H20F2N6O2S/c1-3-33-11-13(10-29-33)17-9-15(14-6-4-5-7-16(14)30-17)24(35)32-20-19-12(2)8-18(22(26)27)31-25(19)36-21(20)23(28)34/h4-11,22H,3H2,1-2H3,(H2,28,34)(H,32,35). The van der Waals surface area contributed by atoms with Crippen LogP contribution in [0.25, 0.3) is 32.4 Å². The average Bonchev–Trinajstić information content (AvgIpc) is 3.48. The Hall–Kier alpha value is -4.25. The summed E-state index contributed by atoms with van der Waals surface area (Å²) in [5.74, 6) is -1.30. The Morgan fingerprint density at radius 2 is 1.97 bits per heavy atom. The minimum atomic E-state index is -2.77. The largest absolute Gasteiger partial charge is 0.365 e. The van der Waals surface area contributed by atoms with Crippen molar-refractivity contribution in [1.82, 2.24) is 19.7 Å². The molecule has 182 valence electrons. The van der Waals surface area contributed by atoms with Gasteiger partial charge in [0.05, 0.1) is 28.7 Å². The van der Waals surface area contributed by atoms with Crippen molar-refractivity contribution in [1.29, 1.82) is 0 Å². The van der Waals surface area contributed by atoms with Gasteiger partial charge in [0, 0.05) is 29.1 Å². The molecule has 0 unspecified atom stereocenters. The van der Waals surface area contributed by atoms with E-state index in [1.807, 2.05) is 19.2 Å². The Balaban J connectivity index is 1.64. The Morgan fingerprint density at radius 3 is 2.67 bits per heavy atom. The molecule has 0 aliphatic rings. The Kier molecular flexibility index (Phi) is 5.92. The van der Waals surface area contributed by atoms with Crippen LogP contribution in [-0.4, -0.2) is 31.6 Å². The molecule has 11 heteroatoms. The first kappa shape index (κ1) is 23.5. The topological polar surface area (TPSA) is 116 Å². The Bertz CT molecular complexity index is 1660. The van der Waals surface area contributed by atoms with Crippen LogP contribution in [0.4, 0.5) is 14.5 Å². The molecular weight excluding hydrogens is 486 g/mol. The third-order valence-electron chi connectivity index (χ3n) is 5.78. The van der Waals surface area contributed by atoms with Crippen LogP contribution in [0.2, 0.25) is 0 Å². The van der Waals surface area contributed by atoms with E-state index in [2.05, 4.69) is 20.4 Å². The molecule has 36 heavy (non-hydrogen) atoms. The zero-order chi connectivity index (χ0) is 25.6. The number of pyridine rings is 2. The number of primary amides is 1. The normalized spacial score (nSPS) is 11.5. The number of carbonyl (C=O) groups is 2. The molecule has 8 nitrogen and oxygen atoms in total. The predicted molar refractivity (Wildman–Crippen MR) is 134 cm³/mol. The lowest BCUT2D eigenvalue weighted by Crippen LogP contribution is -2.17. The molecule has 5 aromatic rings. The lowest BCUT2D eigenvalue weighted by Gasteiger charge is -2.11. The highest BCUT2D eigenvalue weighted by molar-refractivity contribution is 7.21. The molecule has 0 aliphatic carbocycles. The summed E-state index contributed by atoms with van der Waals surface area (Å²) in [6.07, 6.45) is 0.741. The van der Waals surface area contributed by atoms with Gasteiger partial charge in [-0.25, -0.2) is 18.7 Å². The van der Waals surface area contributed by atoms with Crippen LogP contribution in [0.15, 0.2) is 48.8 Å². The van der Waals surface area contributed by atoms with Crippen LogP contribution >= 0.6 is 11.3 Å². The van der Waals surface area contributed by atoms with Crippen LogP contribution < -0.4 is 11.1 Å². The molecule has 0 saturated heterocycles. The van der Waals surface area contributed by atoms with Crippen molar-refractivity contribution in [2.75, 3.05) is 5.32 Å². The van der Waals surface area contributed by atoms with Gasteiger partial charge in [-0.3, -0.25) is 14.3 Å². The molecule has 4 aromatic heterocycles. The van der Waals surface area contributed by atoms with E-state index in [0.29, 0.717) is 39.7 Å². The highest BCUT2D eigenvalue weighted by Gasteiger charge is 2.24. The van der Waals surface area contributed by atoms with Gasteiger partial charge in [-0.2, -0.15) is 5.10 Å². The molecule has 0 saturated carbocycles. The van der Waals surface area contributed by atoms with Crippen molar-refractivity contribution in [3.05, 3.63) is 70.5 Å². The van der Waals surface area contributed by atoms with Gasteiger partial charge in [0.25, 0.3) is 18.2 Å². The number of rotatable bonds is 6. The summed E-state index contributed by atoms with van der Waals surface area (Å²) in [6.45, 7) is 4.27. The van der Waals surface area contributed by atoms with Crippen molar-refractivity contribution in [3.63, 3.8) is 0 Å². The SMILES string of the molecule is CCn1cc(-c2cc(C(=O)Nc3c(C(N)=O)sc4nc(C(F)F)cc(C)c34)c3ccccc3n2)cn1. The van der Waals surface area contributed by atoms with Crippen molar-refractivity contribution in [2.45, 2.75) is 26.8 Å². The van der Waals surface area contributed by atoms with Crippen LogP contribution in [0.5, 0.6) is 0 Å². The number of fused-ring (bicyclic) bond motifs is 2. The smallest absolute Gasteiger partial charge is 0.280 e. The van der Waals surface area contributed by atoms with Crippen LogP contribution in [0.1, 0.15) is 44.6 Å². The third-order valence-corrected chi connectivity index (χ3v) is 6.88. The van der Waals surface area contributed by atoms with E-state index < -0.39 is 23.9 Å². The maximum absolute atomic E-state index is 13.6. The summed E-state index contributed by atoms with van der Waals surface area (Å²) < 4.78 is 28.3. The fourth-order valence-corrected chi connectivity index (χ4v) is 5.14. The van der Waals surface area contributed by atoms with Gasteiger partial charge in [0.2, 0.25) is 0 Å². The van der Waals surface area contributed by atoms with Crippen LogP contribution in [0.3, 0.4) is 0 Å². The second-order valence-electron chi connectivity index (χ2n) is 8.13. The highest BCUT2D eigenvalue weighted by atomic mass is 32.1. The molecule has 0 atom stereocenters. The molecule has 5 rings (SSSR count). The average molecular weight is 507 g/mol. The van der Waals surface area contributed by atoms with Gasteiger partial charge < -0.3 is 11.1 Å². The minimum Gasteiger partial charge on any atom is -0.365 e. The molecule has 2 amide bonds. The number of nitrogens with zero attached hydrogens (tertiary/aromatic N) is 4. The van der Waals surface area contributed by atoms with E-state index >= 15 is 0 Å². The number of aromatic nitrogens is 4. The van der Waals surface area contributed by atoms with Crippen molar-refractivity contribution >= 4 is 50.0 Å². The van der Waals surface area contributed by atoms with Crippen LogP contribution in [0, 0.1) is 6.92 Å². The zero-order valence-corrected chi connectivity index (χ0v) is 20.1. The van der Waals surface area contributed by atoms with E-state index in [1.54, 1.807) is 42.1 Å². The molecule has 1 aromatic carbocycles. The fourth-order valence-electron chi connectivity index (χ4n) is 4.07. The number of benzene rings is 1. The number of nitrogens with two attached hydrogens (primary N) is 1. The predicted octanol–water partition coefficient (Wildman–Crippen LogP) is 5.33. The first-order chi connectivity index (χ1) is 17.3. The van der Waals surface area contributed by atoms with Crippen molar-refractivity contribution in [2.24, 2.45) is 5.73 Å². The number of anilines is 1. The summed E-state index contributed by atoms with van der Waals surface area (Å²) in [6, 6.07) is 10.1. The highest BCUT2D eigenvalue weighted by Crippen LogP contribution is 2.39. The number of para-hydroxylation sites is 1. The number of nitrogens with one attached hydrogen (secondary N) is 1. The van der Waals surface area contributed by atoms with Gasteiger partial charge in [-0.05, 0) is 37.6 Å². The number of hydrogen-bond donors (Lipinski definition) is 2. The van der Waals surface area contributed by atoms with Crippen molar-refractivity contribution < 1.29 is 18.4 Å². The zero-order valence-electron chi connectivity index (χ0n) is 19.3. The Labute approximate surface area is 207 Å². The van der Waals surface area contributed by atoms with E-state index in [9.17, 15) is 18.4 Å². The number of carbonyl (C=O) groups excluding carboxylic acids is 2. The van der Waals surface area contributed by atoms with Gasteiger partial charge in [0.15, 0.2) is 0 Å². The molecule has 0 aliphatic heterocycles. The van der Waals surface area contributed by atoms with E-state index in [1.165, 1.54) is 6.07 Å².